The lowest BCUT2D eigenvalue weighted by Gasteiger charge is -2.21. The normalized spacial score (nSPS) is 17.6. The highest BCUT2D eigenvalue weighted by Gasteiger charge is 2.39. The van der Waals surface area contributed by atoms with E-state index in [1.807, 2.05) is 0 Å². The van der Waals surface area contributed by atoms with Gasteiger partial charge >= 0.3 is 6.18 Å². The van der Waals surface area contributed by atoms with E-state index in [4.69, 9.17) is 4.42 Å². The Labute approximate surface area is 188 Å². The van der Waals surface area contributed by atoms with Crippen LogP contribution in [0.15, 0.2) is 82.1 Å². The summed E-state index contributed by atoms with van der Waals surface area (Å²) in [6.45, 7) is 0.372. The minimum absolute atomic E-state index is 0.220. The number of sulfonamides is 1. The molecule has 0 aliphatic carbocycles. The van der Waals surface area contributed by atoms with Crippen molar-refractivity contribution < 1.29 is 26.0 Å². The number of aromatic nitrogens is 1. The number of oxazole rings is 1. The van der Waals surface area contributed by atoms with E-state index in [0.29, 0.717) is 47.5 Å². The lowest BCUT2D eigenvalue weighted by molar-refractivity contribution is -0.137. The fourth-order valence-electron chi connectivity index (χ4n) is 4.12. The molecule has 170 valence electrons. The largest absolute Gasteiger partial charge is 0.439 e. The van der Waals surface area contributed by atoms with Crippen LogP contribution < -0.4 is 0 Å². The molecule has 2 heterocycles. The molecule has 33 heavy (non-hydrogen) atoms. The van der Waals surface area contributed by atoms with Crippen LogP contribution in [0.25, 0.3) is 22.2 Å². The number of alkyl halides is 3. The van der Waals surface area contributed by atoms with E-state index < -0.39 is 27.8 Å². The minimum atomic E-state index is -4.39. The summed E-state index contributed by atoms with van der Waals surface area (Å²) in [5, 5.41) is 0. The Bertz CT molecular complexity index is 1400. The second kappa shape index (κ2) is 8.00. The van der Waals surface area contributed by atoms with Crippen LogP contribution in [0, 0.1) is 0 Å². The highest BCUT2D eigenvalue weighted by atomic mass is 32.2. The van der Waals surface area contributed by atoms with Gasteiger partial charge in [-0.05, 0) is 60.4 Å². The second-order valence-corrected chi connectivity index (χ2v) is 9.79. The van der Waals surface area contributed by atoms with Gasteiger partial charge in [0.05, 0.1) is 10.5 Å². The molecule has 0 spiro atoms. The van der Waals surface area contributed by atoms with Gasteiger partial charge in [0.2, 0.25) is 15.9 Å². The van der Waals surface area contributed by atoms with Crippen molar-refractivity contribution in [3.05, 3.63) is 84.3 Å². The average Bonchev–Trinajstić information content (AvgIpc) is 3.46. The van der Waals surface area contributed by atoms with Gasteiger partial charge in [0.15, 0.2) is 5.58 Å². The van der Waals surface area contributed by atoms with Crippen molar-refractivity contribution in [1.82, 2.24) is 9.29 Å². The standard InChI is InChI=1S/C24H19F3N2O3S/c25-24(26,27)18-11-8-16(9-12-18)17-10-13-22-20(15-17)28-23(32-22)21-7-4-14-29(21)33(30,31)19-5-2-1-3-6-19/h1-3,5-6,8-13,15,21H,4,7,14H2/t21-/m1/s1. The van der Waals surface area contributed by atoms with E-state index >= 15 is 0 Å². The van der Waals surface area contributed by atoms with Gasteiger partial charge in [0.1, 0.15) is 11.6 Å². The molecule has 1 atom stereocenters. The molecule has 0 unspecified atom stereocenters. The zero-order chi connectivity index (χ0) is 23.2. The Hall–Kier alpha value is -3.17. The predicted molar refractivity (Wildman–Crippen MR) is 117 cm³/mol. The van der Waals surface area contributed by atoms with Crippen LogP contribution in [0.5, 0.6) is 0 Å². The zero-order valence-corrected chi connectivity index (χ0v) is 18.1. The molecule has 0 saturated carbocycles. The van der Waals surface area contributed by atoms with Crippen LogP contribution in [0.4, 0.5) is 13.2 Å². The van der Waals surface area contributed by atoms with E-state index in [1.165, 1.54) is 16.4 Å². The molecule has 0 amide bonds. The predicted octanol–water partition coefficient (Wildman–Crippen LogP) is 6.04. The van der Waals surface area contributed by atoms with Crippen LogP contribution in [-0.4, -0.2) is 24.3 Å². The first-order valence-electron chi connectivity index (χ1n) is 10.4. The summed E-state index contributed by atoms with van der Waals surface area (Å²) in [6.07, 6.45) is -3.12. The van der Waals surface area contributed by atoms with Gasteiger partial charge in [0.25, 0.3) is 0 Å². The van der Waals surface area contributed by atoms with Crippen molar-refractivity contribution >= 4 is 21.1 Å². The zero-order valence-electron chi connectivity index (χ0n) is 17.3. The molecule has 5 rings (SSSR count). The van der Waals surface area contributed by atoms with Gasteiger partial charge in [-0.2, -0.15) is 17.5 Å². The Morgan fingerprint density at radius 3 is 2.33 bits per heavy atom. The number of halogens is 3. The molecule has 1 saturated heterocycles. The number of hydrogen-bond acceptors (Lipinski definition) is 4. The molecule has 1 aliphatic rings. The molecule has 9 heteroatoms. The lowest BCUT2D eigenvalue weighted by atomic mass is 10.0. The molecule has 1 fully saturated rings. The van der Waals surface area contributed by atoms with Crippen molar-refractivity contribution in [2.24, 2.45) is 0 Å². The average molecular weight is 472 g/mol. The van der Waals surface area contributed by atoms with Crippen LogP contribution in [0.3, 0.4) is 0 Å². The van der Waals surface area contributed by atoms with Crippen LogP contribution in [0.1, 0.15) is 30.3 Å². The summed E-state index contributed by atoms with van der Waals surface area (Å²) >= 11 is 0. The quantitative estimate of drug-likeness (QED) is 0.363. The molecular weight excluding hydrogens is 453 g/mol. The summed E-state index contributed by atoms with van der Waals surface area (Å²) in [7, 11) is -3.70. The van der Waals surface area contributed by atoms with E-state index in [1.54, 1.807) is 48.5 Å². The Kier molecular flexibility index (Phi) is 5.25. The van der Waals surface area contributed by atoms with Crippen LogP contribution in [-0.2, 0) is 16.2 Å². The molecule has 0 radical (unpaired) electrons. The van der Waals surface area contributed by atoms with Crippen molar-refractivity contribution in [3.8, 4) is 11.1 Å². The van der Waals surface area contributed by atoms with E-state index in [2.05, 4.69) is 4.98 Å². The Morgan fingerprint density at radius 1 is 0.939 bits per heavy atom. The van der Waals surface area contributed by atoms with Crippen LogP contribution in [0.2, 0.25) is 0 Å². The van der Waals surface area contributed by atoms with E-state index in [0.717, 1.165) is 12.1 Å². The van der Waals surface area contributed by atoms with E-state index in [9.17, 15) is 21.6 Å². The molecule has 3 aromatic carbocycles. The number of benzene rings is 3. The molecule has 1 aliphatic heterocycles. The molecule has 5 nitrogen and oxygen atoms in total. The number of fused-ring (bicyclic) bond motifs is 1. The number of nitrogens with zero attached hydrogens (tertiary/aromatic N) is 2. The summed E-state index contributed by atoms with van der Waals surface area (Å²) in [5.41, 5.74) is 1.60. The highest BCUT2D eigenvalue weighted by molar-refractivity contribution is 7.89. The van der Waals surface area contributed by atoms with Gasteiger partial charge in [-0.25, -0.2) is 13.4 Å². The Balaban J connectivity index is 1.46. The molecular formula is C24H19F3N2O3S. The van der Waals surface area contributed by atoms with Crippen molar-refractivity contribution in [3.63, 3.8) is 0 Å². The first-order chi connectivity index (χ1) is 15.7. The maximum absolute atomic E-state index is 13.1. The Morgan fingerprint density at radius 2 is 1.64 bits per heavy atom. The maximum Gasteiger partial charge on any atom is 0.416 e. The first kappa shape index (κ1) is 21.7. The summed E-state index contributed by atoms with van der Waals surface area (Å²) in [4.78, 5) is 4.76. The van der Waals surface area contributed by atoms with Crippen LogP contribution >= 0.6 is 0 Å². The summed E-state index contributed by atoms with van der Waals surface area (Å²) in [5.74, 6) is 0.312. The topological polar surface area (TPSA) is 63.4 Å². The monoisotopic (exact) mass is 472 g/mol. The lowest BCUT2D eigenvalue weighted by Crippen LogP contribution is -2.30. The third-order valence-corrected chi connectivity index (χ3v) is 7.71. The van der Waals surface area contributed by atoms with Gasteiger partial charge in [-0.1, -0.05) is 36.4 Å². The van der Waals surface area contributed by atoms with Gasteiger partial charge in [-0.3, -0.25) is 0 Å². The van der Waals surface area contributed by atoms with Gasteiger partial charge in [-0.15, -0.1) is 0 Å². The summed E-state index contributed by atoms with van der Waals surface area (Å²) in [6, 6.07) is 17.8. The van der Waals surface area contributed by atoms with Crippen molar-refractivity contribution in [2.45, 2.75) is 30.0 Å². The molecule has 0 N–H and O–H groups in total. The maximum atomic E-state index is 13.1. The first-order valence-corrected chi connectivity index (χ1v) is 11.8. The number of rotatable bonds is 4. The fraction of sp³-hybridized carbons (Fsp3) is 0.208. The van der Waals surface area contributed by atoms with Gasteiger partial charge < -0.3 is 4.42 Å². The highest BCUT2D eigenvalue weighted by Crippen LogP contribution is 2.38. The molecule has 1 aromatic heterocycles. The third kappa shape index (κ3) is 4.02. The third-order valence-electron chi connectivity index (χ3n) is 5.79. The SMILES string of the molecule is O=S(=O)(c1ccccc1)N1CCC[C@@H]1c1nc2cc(-c3ccc(C(F)(F)F)cc3)ccc2o1. The van der Waals surface area contributed by atoms with Gasteiger partial charge in [0, 0.05) is 6.54 Å². The fourth-order valence-corrected chi connectivity index (χ4v) is 5.79. The summed E-state index contributed by atoms with van der Waals surface area (Å²) < 4.78 is 72.1. The smallest absolute Gasteiger partial charge is 0.416 e. The number of hydrogen-bond donors (Lipinski definition) is 0. The minimum Gasteiger partial charge on any atom is -0.439 e. The van der Waals surface area contributed by atoms with E-state index in [-0.39, 0.29) is 4.90 Å². The van der Waals surface area contributed by atoms with Crippen molar-refractivity contribution in [1.29, 1.82) is 0 Å². The molecule has 4 aromatic rings. The van der Waals surface area contributed by atoms with Crippen molar-refractivity contribution in [2.75, 3.05) is 6.54 Å². The second-order valence-electron chi connectivity index (χ2n) is 7.90. The molecule has 0 bridgehead atoms.